The largest absolute Gasteiger partial charge is 0.311 e. The van der Waals surface area contributed by atoms with Crippen LogP contribution in [0.1, 0.15) is 50.8 Å². The summed E-state index contributed by atoms with van der Waals surface area (Å²) in [5.41, 5.74) is 1.21. The molecule has 0 aromatic carbocycles. The molecule has 0 spiro atoms. The van der Waals surface area contributed by atoms with Crippen molar-refractivity contribution in [2.45, 2.75) is 45.1 Å². The van der Waals surface area contributed by atoms with Gasteiger partial charge >= 0.3 is 0 Å². The van der Waals surface area contributed by atoms with E-state index in [0.717, 1.165) is 11.8 Å². The zero-order valence-electron chi connectivity index (χ0n) is 11.3. The van der Waals surface area contributed by atoms with E-state index in [1.165, 1.54) is 37.8 Å². The van der Waals surface area contributed by atoms with Crippen molar-refractivity contribution >= 4 is 0 Å². The van der Waals surface area contributed by atoms with Gasteiger partial charge in [0.15, 0.2) is 0 Å². The number of hydrogen-bond acceptors (Lipinski definition) is 2. The van der Waals surface area contributed by atoms with E-state index in [1.807, 2.05) is 17.9 Å². The topological polar surface area (TPSA) is 29.9 Å². The molecule has 1 aliphatic carbocycles. The van der Waals surface area contributed by atoms with Crippen molar-refractivity contribution in [3.8, 4) is 0 Å². The maximum atomic E-state index is 4.58. The second-order valence-corrected chi connectivity index (χ2v) is 5.30. The van der Waals surface area contributed by atoms with Crippen LogP contribution in [0.15, 0.2) is 12.3 Å². The highest BCUT2D eigenvalue weighted by Gasteiger charge is 2.31. The van der Waals surface area contributed by atoms with Gasteiger partial charge in [0.25, 0.3) is 0 Å². The fourth-order valence-corrected chi connectivity index (χ4v) is 3.36. The Morgan fingerprint density at radius 3 is 2.82 bits per heavy atom. The Kier molecular flexibility index (Phi) is 4.21. The van der Waals surface area contributed by atoms with E-state index in [4.69, 9.17) is 0 Å². The maximum absolute atomic E-state index is 4.58. The molecule has 3 atom stereocenters. The average Bonchev–Trinajstić information content (AvgIpc) is 2.77. The highest BCUT2D eigenvalue weighted by atomic mass is 15.3. The van der Waals surface area contributed by atoms with Crippen LogP contribution in [0.25, 0.3) is 0 Å². The Hall–Kier alpha value is -0.830. The highest BCUT2D eigenvalue weighted by Crippen LogP contribution is 2.39. The molecule has 0 bridgehead atoms. The molecule has 0 radical (unpaired) electrons. The Balaban J connectivity index is 2.16. The number of nitrogens with zero attached hydrogens (tertiary/aromatic N) is 2. The van der Waals surface area contributed by atoms with Crippen LogP contribution >= 0.6 is 0 Å². The molecule has 3 heteroatoms. The van der Waals surface area contributed by atoms with Crippen LogP contribution in [0.5, 0.6) is 0 Å². The van der Waals surface area contributed by atoms with E-state index in [9.17, 15) is 0 Å². The van der Waals surface area contributed by atoms with Gasteiger partial charge in [-0.05, 0) is 31.4 Å². The van der Waals surface area contributed by atoms with Crippen molar-refractivity contribution in [1.29, 1.82) is 0 Å². The summed E-state index contributed by atoms with van der Waals surface area (Å²) in [7, 11) is 4.06. The first kappa shape index (κ1) is 12.6. The highest BCUT2D eigenvalue weighted by molar-refractivity contribution is 5.08. The molecule has 1 aromatic heterocycles. The average molecular weight is 235 g/mol. The lowest BCUT2D eigenvalue weighted by Gasteiger charge is -2.36. The van der Waals surface area contributed by atoms with Gasteiger partial charge in [-0.1, -0.05) is 32.6 Å². The minimum Gasteiger partial charge on any atom is -0.311 e. The van der Waals surface area contributed by atoms with Crippen LogP contribution in [0.2, 0.25) is 0 Å². The molecule has 3 nitrogen and oxygen atoms in total. The smallest absolute Gasteiger partial charge is 0.0796 e. The number of aromatic nitrogens is 2. The third-order valence-corrected chi connectivity index (χ3v) is 4.28. The first-order chi connectivity index (χ1) is 8.26. The van der Waals surface area contributed by atoms with Gasteiger partial charge in [-0.25, -0.2) is 0 Å². The second kappa shape index (κ2) is 5.67. The van der Waals surface area contributed by atoms with Crippen molar-refractivity contribution in [2.24, 2.45) is 18.9 Å². The lowest BCUT2D eigenvalue weighted by molar-refractivity contribution is 0.178. The Morgan fingerprint density at radius 2 is 2.24 bits per heavy atom. The molecule has 17 heavy (non-hydrogen) atoms. The van der Waals surface area contributed by atoms with Crippen molar-refractivity contribution in [2.75, 3.05) is 7.05 Å². The second-order valence-electron chi connectivity index (χ2n) is 5.30. The number of nitrogens with one attached hydrogen (secondary N) is 1. The predicted octanol–water partition coefficient (Wildman–Crippen LogP) is 2.90. The summed E-state index contributed by atoms with van der Waals surface area (Å²) < 4.78 is 1.91. The molecule has 1 N–H and O–H groups in total. The molecular formula is C14H25N3. The fraction of sp³-hybridized carbons (Fsp3) is 0.786. The van der Waals surface area contributed by atoms with E-state index in [0.29, 0.717) is 6.04 Å². The minimum absolute atomic E-state index is 0.432. The van der Waals surface area contributed by atoms with Crippen molar-refractivity contribution in [3.05, 3.63) is 18.0 Å². The summed E-state index contributed by atoms with van der Waals surface area (Å²) in [6, 6.07) is 2.59. The van der Waals surface area contributed by atoms with Crippen LogP contribution in [-0.2, 0) is 7.05 Å². The van der Waals surface area contributed by atoms with E-state index in [1.54, 1.807) is 0 Å². The Labute approximate surface area is 105 Å². The summed E-state index contributed by atoms with van der Waals surface area (Å²) in [5, 5.41) is 8.07. The third kappa shape index (κ3) is 2.71. The van der Waals surface area contributed by atoms with Gasteiger partial charge in [-0.15, -0.1) is 0 Å². The van der Waals surface area contributed by atoms with Crippen LogP contribution in [-0.4, -0.2) is 16.8 Å². The molecule has 1 aromatic rings. The monoisotopic (exact) mass is 235 g/mol. The maximum Gasteiger partial charge on any atom is 0.0796 e. The van der Waals surface area contributed by atoms with Crippen molar-refractivity contribution < 1.29 is 0 Å². The number of aryl methyl sites for hydroxylation is 1. The normalized spacial score (nSPS) is 27.0. The molecule has 1 aliphatic rings. The lowest BCUT2D eigenvalue weighted by atomic mass is 9.73. The van der Waals surface area contributed by atoms with Gasteiger partial charge in [-0.3, -0.25) is 4.68 Å². The zero-order chi connectivity index (χ0) is 12.3. The van der Waals surface area contributed by atoms with E-state index in [2.05, 4.69) is 30.5 Å². The van der Waals surface area contributed by atoms with Gasteiger partial charge < -0.3 is 5.32 Å². The molecule has 1 saturated carbocycles. The first-order valence-corrected chi connectivity index (χ1v) is 6.93. The number of rotatable bonds is 4. The zero-order valence-corrected chi connectivity index (χ0v) is 11.3. The predicted molar refractivity (Wildman–Crippen MR) is 70.7 cm³/mol. The van der Waals surface area contributed by atoms with Gasteiger partial charge in [0, 0.05) is 13.2 Å². The summed E-state index contributed by atoms with van der Waals surface area (Å²) in [6.07, 6.45) is 8.88. The molecule has 3 unspecified atom stereocenters. The van der Waals surface area contributed by atoms with Crippen molar-refractivity contribution in [3.63, 3.8) is 0 Å². The summed E-state index contributed by atoms with van der Waals surface area (Å²) in [6.45, 7) is 2.33. The molecule has 0 aliphatic heterocycles. The molecule has 2 rings (SSSR count). The standard InChI is InChI=1S/C14H25N3/c1-4-11-7-5-6-8-12(11)14(15-2)13-9-10-17(3)16-13/h9-12,14-15H,4-8H2,1-3H3. The molecule has 1 heterocycles. The van der Waals surface area contributed by atoms with Crippen LogP contribution in [0.4, 0.5) is 0 Å². The van der Waals surface area contributed by atoms with Crippen molar-refractivity contribution in [1.82, 2.24) is 15.1 Å². The summed E-state index contributed by atoms with van der Waals surface area (Å²) >= 11 is 0. The SMILES string of the molecule is CCC1CCCCC1C(NC)c1ccn(C)n1. The van der Waals surface area contributed by atoms with Crippen LogP contribution < -0.4 is 5.32 Å². The van der Waals surface area contributed by atoms with Gasteiger partial charge in [0.1, 0.15) is 0 Å². The Bertz CT molecular complexity index is 345. The Morgan fingerprint density at radius 1 is 1.47 bits per heavy atom. The molecular weight excluding hydrogens is 210 g/mol. The third-order valence-electron chi connectivity index (χ3n) is 4.28. The van der Waals surface area contributed by atoms with Crippen LogP contribution in [0, 0.1) is 11.8 Å². The molecule has 1 fully saturated rings. The van der Waals surface area contributed by atoms with E-state index in [-0.39, 0.29) is 0 Å². The number of hydrogen-bond donors (Lipinski definition) is 1. The quantitative estimate of drug-likeness (QED) is 0.869. The van der Waals surface area contributed by atoms with Gasteiger partial charge in [-0.2, -0.15) is 5.10 Å². The summed E-state index contributed by atoms with van der Waals surface area (Å²) in [5.74, 6) is 1.62. The van der Waals surface area contributed by atoms with Crippen LogP contribution in [0.3, 0.4) is 0 Å². The molecule has 0 amide bonds. The fourth-order valence-electron chi connectivity index (χ4n) is 3.36. The lowest BCUT2D eigenvalue weighted by Crippen LogP contribution is -2.33. The van der Waals surface area contributed by atoms with Gasteiger partial charge in [0.05, 0.1) is 11.7 Å². The van der Waals surface area contributed by atoms with Gasteiger partial charge in [0.2, 0.25) is 0 Å². The first-order valence-electron chi connectivity index (χ1n) is 6.93. The minimum atomic E-state index is 0.432. The molecule has 96 valence electrons. The van der Waals surface area contributed by atoms with E-state index < -0.39 is 0 Å². The molecule has 0 saturated heterocycles. The summed E-state index contributed by atoms with van der Waals surface area (Å²) in [4.78, 5) is 0. The van der Waals surface area contributed by atoms with E-state index >= 15 is 0 Å².